The van der Waals surface area contributed by atoms with Crippen LogP contribution in [0.1, 0.15) is 34.1 Å². The second kappa shape index (κ2) is 3.65. The maximum absolute atomic E-state index is 11.1. The van der Waals surface area contributed by atoms with Crippen molar-refractivity contribution in [2.45, 2.75) is 34.1 Å². The minimum absolute atomic E-state index is 0.0163. The van der Waals surface area contributed by atoms with E-state index >= 15 is 0 Å². The predicted molar refractivity (Wildman–Crippen MR) is 43.9 cm³/mol. The lowest BCUT2D eigenvalue weighted by Crippen LogP contribution is -2.21. The van der Waals surface area contributed by atoms with Crippen LogP contribution in [0.15, 0.2) is 0 Å². The van der Waals surface area contributed by atoms with Crippen molar-refractivity contribution in [3.63, 3.8) is 0 Å². The van der Waals surface area contributed by atoms with E-state index in [1.807, 2.05) is 20.1 Å². The summed E-state index contributed by atoms with van der Waals surface area (Å²) in [6.45, 7) is 7.12. The summed E-state index contributed by atoms with van der Waals surface area (Å²) >= 11 is 0. The normalized spacial score (nSPS) is 11.7. The fourth-order valence-corrected chi connectivity index (χ4v) is 0.676. The first-order chi connectivity index (χ1) is 4.89. The van der Waals surface area contributed by atoms with Crippen molar-refractivity contribution in [2.75, 3.05) is 0 Å². The lowest BCUT2D eigenvalue weighted by Gasteiger charge is -2.15. The zero-order valence-electron chi connectivity index (χ0n) is 7.60. The van der Waals surface area contributed by atoms with Crippen molar-refractivity contribution in [1.29, 1.82) is 0 Å². The molecule has 0 unspecified atom stereocenters. The van der Waals surface area contributed by atoms with Gasteiger partial charge in [-0.15, -0.1) is 0 Å². The Labute approximate surface area is 68.0 Å². The molecule has 0 aromatic carbocycles. The lowest BCUT2D eigenvalue weighted by atomic mass is 9.86. The van der Waals surface area contributed by atoms with Crippen LogP contribution in [-0.2, 0) is 9.59 Å². The van der Waals surface area contributed by atoms with Gasteiger partial charge in [-0.05, 0) is 0 Å². The van der Waals surface area contributed by atoms with E-state index in [4.69, 9.17) is 0 Å². The van der Waals surface area contributed by atoms with Crippen molar-refractivity contribution >= 4 is 12.1 Å². The Morgan fingerprint density at radius 1 is 1.45 bits per heavy atom. The first-order valence-corrected chi connectivity index (χ1v) is 3.81. The van der Waals surface area contributed by atoms with Crippen LogP contribution in [-0.4, -0.2) is 12.1 Å². The van der Waals surface area contributed by atoms with Crippen molar-refractivity contribution in [2.24, 2.45) is 11.3 Å². The molecule has 2 nitrogen and oxygen atoms in total. The maximum atomic E-state index is 11.1. The molecule has 1 radical (unpaired) electrons. The molecule has 0 aliphatic heterocycles. The molecule has 0 aliphatic rings. The number of rotatable bonds is 4. The molecule has 0 spiro atoms. The highest BCUT2D eigenvalue weighted by atomic mass is 16.1. The average Bonchev–Trinajstić information content (AvgIpc) is 1.87. The summed E-state index contributed by atoms with van der Waals surface area (Å²) in [6, 6.07) is 0. The molecule has 0 amide bonds. The Kier molecular flexibility index (Phi) is 3.43. The summed E-state index contributed by atoms with van der Waals surface area (Å²) in [5, 5.41) is 0. The molecular formula is C9H15O2. The van der Waals surface area contributed by atoms with Crippen LogP contribution in [0.2, 0.25) is 0 Å². The highest BCUT2D eigenvalue weighted by Crippen LogP contribution is 2.19. The Morgan fingerprint density at radius 2 is 1.91 bits per heavy atom. The van der Waals surface area contributed by atoms with Crippen molar-refractivity contribution in [1.82, 2.24) is 0 Å². The van der Waals surface area contributed by atoms with Crippen LogP contribution in [0.4, 0.5) is 0 Å². The SMILES string of the molecule is CC(C)C(=O)CC(C)(C)[C]=O. The number of ketones is 1. The monoisotopic (exact) mass is 155 g/mol. The second-order valence-corrected chi connectivity index (χ2v) is 3.78. The van der Waals surface area contributed by atoms with Gasteiger partial charge in [0.1, 0.15) is 5.78 Å². The standard InChI is InChI=1S/C9H15O2/c1-7(2)8(11)5-9(3,4)6-10/h7H,5H2,1-4H3. The summed E-state index contributed by atoms with van der Waals surface area (Å²) in [7, 11) is 0. The van der Waals surface area contributed by atoms with E-state index in [0.717, 1.165) is 0 Å². The fourth-order valence-electron chi connectivity index (χ4n) is 0.676. The van der Waals surface area contributed by atoms with Gasteiger partial charge in [0.05, 0.1) is 0 Å². The topological polar surface area (TPSA) is 34.1 Å². The van der Waals surface area contributed by atoms with Gasteiger partial charge in [0, 0.05) is 17.8 Å². The van der Waals surface area contributed by atoms with Crippen LogP contribution in [0.3, 0.4) is 0 Å². The minimum atomic E-state index is -0.610. The van der Waals surface area contributed by atoms with E-state index in [0.29, 0.717) is 6.42 Å². The molecule has 0 aliphatic carbocycles. The third-order valence-corrected chi connectivity index (χ3v) is 1.54. The largest absolute Gasteiger partial charge is 0.299 e. The summed E-state index contributed by atoms with van der Waals surface area (Å²) in [6.07, 6.45) is 2.16. The molecule has 2 heteroatoms. The Bertz CT molecular complexity index is 157. The molecule has 0 heterocycles. The molecule has 0 saturated carbocycles. The van der Waals surface area contributed by atoms with E-state index in [1.54, 1.807) is 13.8 Å². The maximum Gasteiger partial charge on any atom is 0.204 e. The van der Waals surface area contributed by atoms with Gasteiger partial charge in [-0.3, -0.25) is 9.59 Å². The minimum Gasteiger partial charge on any atom is -0.299 e. The van der Waals surface area contributed by atoms with Gasteiger partial charge in [-0.2, -0.15) is 0 Å². The first-order valence-electron chi connectivity index (χ1n) is 3.81. The zero-order chi connectivity index (χ0) is 9.07. The third kappa shape index (κ3) is 3.91. The molecule has 11 heavy (non-hydrogen) atoms. The molecule has 63 valence electrons. The molecule has 0 aromatic rings. The van der Waals surface area contributed by atoms with E-state index < -0.39 is 5.41 Å². The van der Waals surface area contributed by atoms with E-state index in [2.05, 4.69) is 0 Å². The number of Topliss-reactive ketones (excluding diaryl/α,β-unsaturated/α-hetero) is 1. The number of hydrogen-bond acceptors (Lipinski definition) is 2. The fraction of sp³-hybridized carbons (Fsp3) is 0.778. The van der Waals surface area contributed by atoms with Crippen LogP contribution in [0, 0.1) is 11.3 Å². The van der Waals surface area contributed by atoms with Gasteiger partial charge >= 0.3 is 0 Å². The van der Waals surface area contributed by atoms with E-state index in [9.17, 15) is 9.59 Å². The predicted octanol–water partition coefficient (Wildman–Crippen LogP) is 1.74. The molecule has 0 bridgehead atoms. The Balaban J connectivity index is 4.04. The van der Waals surface area contributed by atoms with Crippen molar-refractivity contribution in [3.05, 3.63) is 0 Å². The van der Waals surface area contributed by atoms with Gasteiger partial charge < -0.3 is 0 Å². The van der Waals surface area contributed by atoms with Crippen LogP contribution in [0.5, 0.6) is 0 Å². The summed E-state index contributed by atoms with van der Waals surface area (Å²) < 4.78 is 0. The van der Waals surface area contributed by atoms with Gasteiger partial charge in [-0.25, -0.2) is 0 Å². The smallest absolute Gasteiger partial charge is 0.204 e. The lowest BCUT2D eigenvalue weighted by molar-refractivity contribution is -0.123. The zero-order valence-corrected chi connectivity index (χ0v) is 7.60. The highest BCUT2D eigenvalue weighted by Gasteiger charge is 2.23. The Morgan fingerprint density at radius 3 is 2.18 bits per heavy atom. The summed E-state index contributed by atoms with van der Waals surface area (Å²) in [5.41, 5.74) is -0.610. The van der Waals surface area contributed by atoms with E-state index in [-0.39, 0.29) is 11.7 Å². The average molecular weight is 155 g/mol. The number of carbonyl (C=O) groups is 1. The Hall–Kier alpha value is -0.660. The molecule has 0 aromatic heterocycles. The van der Waals surface area contributed by atoms with Crippen LogP contribution >= 0.6 is 0 Å². The summed E-state index contributed by atoms with van der Waals surface area (Å²) in [5.74, 6) is 0.140. The number of hydrogen-bond donors (Lipinski definition) is 0. The molecule has 0 N–H and O–H groups in total. The summed E-state index contributed by atoms with van der Waals surface area (Å²) in [4.78, 5) is 21.4. The third-order valence-electron chi connectivity index (χ3n) is 1.54. The molecule has 0 rings (SSSR count). The van der Waals surface area contributed by atoms with Crippen molar-refractivity contribution in [3.8, 4) is 0 Å². The van der Waals surface area contributed by atoms with Crippen LogP contribution < -0.4 is 0 Å². The molecule has 0 fully saturated rings. The molecule has 0 atom stereocenters. The van der Waals surface area contributed by atoms with Gasteiger partial charge in [-0.1, -0.05) is 27.7 Å². The molecular weight excluding hydrogens is 140 g/mol. The van der Waals surface area contributed by atoms with Gasteiger partial charge in [0.2, 0.25) is 6.29 Å². The van der Waals surface area contributed by atoms with E-state index in [1.165, 1.54) is 0 Å². The van der Waals surface area contributed by atoms with Gasteiger partial charge in [0.25, 0.3) is 0 Å². The van der Waals surface area contributed by atoms with Crippen LogP contribution in [0.25, 0.3) is 0 Å². The quantitative estimate of drug-likeness (QED) is 0.619. The van der Waals surface area contributed by atoms with Crippen molar-refractivity contribution < 1.29 is 9.59 Å². The van der Waals surface area contributed by atoms with Gasteiger partial charge in [0.15, 0.2) is 0 Å². The molecule has 0 saturated heterocycles. The first kappa shape index (κ1) is 10.3. The second-order valence-electron chi connectivity index (χ2n) is 3.78. The highest BCUT2D eigenvalue weighted by molar-refractivity contribution is 5.83. The number of carbonyl (C=O) groups excluding carboxylic acids is 2.